The Labute approximate surface area is 114 Å². The molecule has 1 saturated heterocycles. The first-order valence-corrected chi connectivity index (χ1v) is 7.06. The number of ether oxygens (including phenoxy) is 1. The van der Waals surface area contributed by atoms with Gasteiger partial charge in [-0.3, -0.25) is 0 Å². The van der Waals surface area contributed by atoms with Crippen LogP contribution in [0.3, 0.4) is 0 Å². The van der Waals surface area contributed by atoms with Crippen LogP contribution in [0.5, 0.6) is 5.75 Å². The van der Waals surface area contributed by atoms with E-state index in [-0.39, 0.29) is 5.82 Å². The molecule has 0 amide bonds. The minimum Gasteiger partial charge on any atom is -0.494 e. The molecule has 2 rings (SSSR count). The van der Waals surface area contributed by atoms with Crippen LogP contribution in [0.4, 0.5) is 10.1 Å². The van der Waals surface area contributed by atoms with Crippen molar-refractivity contribution in [2.24, 2.45) is 0 Å². The number of hydrogen-bond acceptors (Lipinski definition) is 3. The molecule has 0 radical (unpaired) electrons. The van der Waals surface area contributed by atoms with Crippen LogP contribution >= 0.6 is 0 Å². The summed E-state index contributed by atoms with van der Waals surface area (Å²) in [7, 11) is 1.50. The van der Waals surface area contributed by atoms with Crippen LogP contribution in [0.2, 0.25) is 0 Å². The van der Waals surface area contributed by atoms with Gasteiger partial charge in [0.15, 0.2) is 11.6 Å². The molecule has 0 unspecified atom stereocenters. The van der Waals surface area contributed by atoms with Crippen molar-refractivity contribution in [1.29, 1.82) is 0 Å². The number of anilines is 1. The van der Waals surface area contributed by atoms with Crippen molar-refractivity contribution in [1.82, 2.24) is 5.32 Å². The summed E-state index contributed by atoms with van der Waals surface area (Å²) >= 11 is 0. The molecular weight excluding hydrogens is 243 g/mol. The Balaban J connectivity index is 1.94. The van der Waals surface area contributed by atoms with Crippen molar-refractivity contribution >= 4 is 5.69 Å². The minimum atomic E-state index is -0.300. The van der Waals surface area contributed by atoms with Crippen LogP contribution in [0.1, 0.15) is 26.2 Å². The average Bonchev–Trinajstić information content (AvgIpc) is 2.46. The van der Waals surface area contributed by atoms with Gasteiger partial charge in [-0.25, -0.2) is 4.39 Å². The minimum absolute atomic E-state index is 0.300. The lowest BCUT2D eigenvalue weighted by Crippen LogP contribution is -2.42. The van der Waals surface area contributed by atoms with Gasteiger partial charge in [0.1, 0.15) is 0 Å². The van der Waals surface area contributed by atoms with E-state index < -0.39 is 0 Å². The van der Waals surface area contributed by atoms with Crippen LogP contribution in [0.15, 0.2) is 18.2 Å². The topological polar surface area (TPSA) is 24.5 Å². The summed E-state index contributed by atoms with van der Waals surface area (Å²) in [5.74, 6) is 0.0227. The van der Waals surface area contributed by atoms with E-state index in [0.717, 1.165) is 38.2 Å². The molecule has 19 heavy (non-hydrogen) atoms. The molecule has 1 aliphatic rings. The van der Waals surface area contributed by atoms with E-state index in [9.17, 15) is 4.39 Å². The number of benzene rings is 1. The molecule has 0 spiro atoms. The van der Waals surface area contributed by atoms with Gasteiger partial charge < -0.3 is 15.0 Å². The number of rotatable bonds is 5. The molecule has 0 bridgehead atoms. The monoisotopic (exact) mass is 266 g/mol. The van der Waals surface area contributed by atoms with E-state index in [1.807, 2.05) is 6.07 Å². The third-order valence-corrected chi connectivity index (χ3v) is 3.68. The highest BCUT2D eigenvalue weighted by atomic mass is 19.1. The number of nitrogens with zero attached hydrogens (tertiary/aromatic N) is 1. The van der Waals surface area contributed by atoms with E-state index in [1.54, 1.807) is 6.07 Å². The SMILES string of the molecule is CCCNC1CCN(c2ccc(F)c(OC)c2)CC1. The zero-order valence-corrected chi connectivity index (χ0v) is 11.8. The Morgan fingerprint density at radius 3 is 2.74 bits per heavy atom. The number of hydrogen-bond donors (Lipinski definition) is 1. The maximum absolute atomic E-state index is 13.4. The Morgan fingerprint density at radius 2 is 2.11 bits per heavy atom. The fourth-order valence-corrected chi connectivity index (χ4v) is 2.54. The predicted molar refractivity (Wildman–Crippen MR) is 76.5 cm³/mol. The van der Waals surface area contributed by atoms with Gasteiger partial charge in [-0.1, -0.05) is 6.92 Å². The van der Waals surface area contributed by atoms with Gasteiger partial charge >= 0.3 is 0 Å². The first-order chi connectivity index (χ1) is 9.24. The van der Waals surface area contributed by atoms with E-state index >= 15 is 0 Å². The summed E-state index contributed by atoms with van der Waals surface area (Å²) in [6.45, 7) is 5.30. The summed E-state index contributed by atoms with van der Waals surface area (Å²) in [5, 5.41) is 3.56. The van der Waals surface area contributed by atoms with Crippen molar-refractivity contribution in [3.8, 4) is 5.75 Å². The van der Waals surface area contributed by atoms with Gasteiger partial charge in [0.25, 0.3) is 0 Å². The summed E-state index contributed by atoms with van der Waals surface area (Å²) in [6, 6.07) is 5.72. The lowest BCUT2D eigenvalue weighted by molar-refractivity contribution is 0.385. The van der Waals surface area contributed by atoms with Crippen LogP contribution in [-0.2, 0) is 0 Å². The second-order valence-electron chi connectivity index (χ2n) is 5.03. The average molecular weight is 266 g/mol. The zero-order valence-electron chi connectivity index (χ0n) is 11.8. The lowest BCUT2D eigenvalue weighted by atomic mass is 10.0. The molecule has 1 aromatic carbocycles. The standard InChI is InChI=1S/C15H23FN2O/c1-3-8-17-12-6-9-18(10-7-12)13-4-5-14(16)15(11-13)19-2/h4-5,11-12,17H,3,6-10H2,1-2H3. The van der Waals surface area contributed by atoms with E-state index in [1.165, 1.54) is 19.6 Å². The molecule has 0 atom stereocenters. The third-order valence-electron chi connectivity index (χ3n) is 3.68. The summed E-state index contributed by atoms with van der Waals surface area (Å²) < 4.78 is 18.4. The molecule has 1 aliphatic heterocycles. The highest BCUT2D eigenvalue weighted by Crippen LogP contribution is 2.26. The molecule has 0 saturated carbocycles. The molecule has 1 fully saturated rings. The van der Waals surface area contributed by atoms with Crippen LogP contribution in [-0.4, -0.2) is 32.8 Å². The fraction of sp³-hybridized carbons (Fsp3) is 0.600. The molecule has 1 heterocycles. The first-order valence-electron chi connectivity index (χ1n) is 7.06. The quantitative estimate of drug-likeness (QED) is 0.887. The molecular formula is C15H23FN2O. The van der Waals surface area contributed by atoms with E-state index in [2.05, 4.69) is 17.1 Å². The van der Waals surface area contributed by atoms with Gasteiger partial charge in [0.2, 0.25) is 0 Å². The van der Waals surface area contributed by atoms with Gasteiger partial charge in [-0.2, -0.15) is 0 Å². The maximum atomic E-state index is 13.4. The molecule has 0 aromatic heterocycles. The van der Waals surface area contributed by atoms with Gasteiger partial charge in [0.05, 0.1) is 7.11 Å². The lowest BCUT2D eigenvalue weighted by Gasteiger charge is -2.34. The molecule has 3 nitrogen and oxygen atoms in total. The van der Waals surface area contributed by atoms with Crippen molar-refractivity contribution in [3.05, 3.63) is 24.0 Å². The van der Waals surface area contributed by atoms with Crippen molar-refractivity contribution in [2.45, 2.75) is 32.2 Å². The highest BCUT2D eigenvalue weighted by molar-refractivity contribution is 5.51. The zero-order chi connectivity index (χ0) is 13.7. The van der Waals surface area contributed by atoms with Gasteiger partial charge in [-0.05, 0) is 37.9 Å². The molecule has 106 valence electrons. The predicted octanol–water partition coefficient (Wildman–Crippen LogP) is 2.80. The molecule has 4 heteroatoms. The van der Waals surface area contributed by atoms with Crippen LogP contribution < -0.4 is 15.0 Å². The fourth-order valence-electron chi connectivity index (χ4n) is 2.54. The van der Waals surface area contributed by atoms with Crippen LogP contribution in [0.25, 0.3) is 0 Å². The Kier molecular flexibility index (Phi) is 5.02. The van der Waals surface area contributed by atoms with Gasteiger partial charge in [-0.15, -0.1) is 0 Å². The largest absolute Gasteiger partial charge is 0.494 e. The van der Waals surface area contributed by atoms with E-state index in [0.29, 0.717) is 11.8 Å². The second-order valence-corrected chi connectivity index (χ2v) is 5.03. The normalized spacial score (nSPS) is 16.7. The molecule has 0 aliphatic carbocycles. The summed E-state index contributed by atoms with van der Waals surface area (Å²) in [5.41, 5.74) is 1.05. The third kappa shape index (κ3) is 3.60. The highest BCUT2D eigenvalue weighted by Gasteiger charge is 2.19. The van der Waals surface area contributed by atoms with Gasteiger partial charge in [0, 0.05) is 30.9 Å². The van der Waals surface area contributed by atoms with Crippen molar-refractivity contribution in [2.75, 3.05) is 31.6 Å². The van der Waals surface area contributed by atoms with Crippen LogP contribution in [0, 0.1) is 5.82 Å². The van der Waals surface area contributed by atoms with E-state index in [4.69, 9.17) is 4.74 Å². The Bertz CT molecular complexity index is 403. The summed E-state index contributed by atoms with van der Waals surface area (Å²) in [6.07, 6.45) is 3.45. The number of piperidine rings is 1. The first kappa shape index (κ1) is 14.1. The molecule has 1 N–H and O–H groups in total. The Morgan fingerprint density at radius 1 is 1.37 bits per heavy atom. The smallest absolute Gasteiger partial charge is 0.165 e. The van der Waals surface area contributed by atoms with Crippen molar-refractivity contribution < 1.29 is 9.13 Å². The maximum Gasteiger partial charge on any atom is 0.165 e. The second kappa shape index (κ2) is 6.75. The Hall–Kier alpha value is -1.29. The number of nitrogens with one attached hydrogen (secondary N) is 1. The number of methoxy groups -OCH3 is 1. The summed E-state index contributed by atoms with van der Waals surface area (Å²) in [4.78, 5) is 2.30. The molecule has 1 aromatic rings. The number of halogens is 1. The van der Waals surface area contributed by atoms with Crippen molar-refractivity contribution in [3.63, 3.8) is 0 Å².